The summed E-state index contributed by atoms with van der Waals surface area (Å²) in [6.07, 6.45) is 2.27. The Bertz CT molecular complexity index is 201. The summed E-state index contributed by atoms with van der Waals surface area (Å²) >= 11 is 0. The molecule has 0 saturated heterocycles. The van der Waals surface area contributed by atoms with Crippen molar-refractivity contribution in [1.29, 1.82) is 0 Å². The molecule has 0 aromatic rings. The van der Waals surface area contributed by atoms with Gasteiger partial charge in [0.15, 0.2) is 5.60 Å². The summed E-state index contributed by atoms with van der Waals surface area (Å²) < 4.78 is 5.65. The Balaban J connectivity index is 4.34. The van der Waals surface area contributed by atoms with Crippen molar-refractivity contribution in [1.82, 2.24) is 0 Å². The van der Waals surface area contributed by atoms with Gasteiger partial charge in [0.05, 0.1) is 6.10 Å². The minimum Gasteiger partial charge on any atom is -0.479 e. The van der Waals surface area contributed by atoms with E-state index < -0.39 is 11.6 Å². The Labute approximate surface area is 92.8 Å². The largest absolute Gasteiger partial charge is 0.479 e. The average molecular weight is 216 g/mol. The SMILES string of the molecule is CCCC(C)(OC(C)CC(C)C)C(=O)O. The van der Waals surface area contributed by atoms with E-state index in [9.17, 15) is 4.79 Å². The Hall–Kier alpha value is -0.570. The van der Waals surface area contributed by atoms with Crippen LogP contribution in [0.3, 0.4) is 0 Å². The Kier molecular flexibility index (Phi) is 5.88. The van der Waals surface area contributed by atoms with Crippen molar-refractivity contribution in [2.24, 2.45) is 5.92 Å². The predicted molar refractivity (Wildman–Crippen MR) is 61.0 cm³/mol. The van der Waals surface area contributed by atoms with Gasteiger partial charge in [-0.25, -0.2) is 4.79 Å². The lowest BCUT2D eigenvalue weighted by Gasteiger charge is -2.29. The van der Waals surface area contributed by atoms with E-state index in [-0.39, 0.29) is 6.10 Å². The fourth-order valence-electron chi connectivity index (χ4n) is 1.85. The van der Waals surface area contributed by atoms with E-state index in [1.165, 1.54) is 0 Å². The van der Waals surface area contributed by atoms with Crippen LogP contribution in [-0.4, -0.2) is 22.8 Å². The predicted octanol–water partition coefficient (Wildman–Crippen LogP) is 3.08. The van der Waals surface area contributed by atoms with Crippen LogP contribution in [0.1, 0.15) is 53.9 Å². The number of rotatable bonds is 7. The zero-order valence-corrected chi connectivity index (χ0v) is 10.5. The molecule has 0 radical (unpaired) electrons. The summed E-state index contributed by atoms with van der Waals surface area (Å²) in [5, 5.41) is 9.12. The van der Waals surface area contributed by atoms with Crippen molar-refractivity contribution in [2.75, 3.05) is 0 Å². The highest BCUT2D eigenvalue weighted by atomic mass is 16.5. The molecule has 0 fully saturated rings. The van der Waals surface area contributed by atoms with Crippen LogP contribution in [0.25, 0.3) is 0 Å². The molecule has 0 spiro atoms. The Morgan fingerprint density at radius 3 is 2.27 bits per heavy atom. The molecule has 0 rings (SSSR count). The molecule has 2 atom stereocenters. The highest BCUT2D eigenvalue weighted by molar-refractivity contribution is 5.76. The minimum atomic E-state index is -1.02. The van der Waals surface area contributed by atoms with Gasteiger partial charge in [-0.3, -0.25) is 0 Å². The molecule has 90 valence electrons. The van der Waals surface area contributed by atoms with Crippen molar-refractivity contribution >= 4 is 5.97 Å². The van der Waals surface area contributed by atoms with Crippen molar-refractivity contribution in [3.05, 3.63) is 0 Å². The smallest absolute Gasteiger partial charge is 0.335 e. The highest BCUT2D eigenvalue weighted by Crippen LogP contribution is 2.22. The lowest BCUT2D eigenvalue weighted by molar-refractivity contribution is -0.172. The number of hydrogen-bond acceptors (Lipinski definition) is 2. The van der Waals surface area contributed by atoms with Gasteiger partial charge in [0.1, 0.15) is 0 Å². The highest BCUT2D eigenvalue weighted by Gasteiger charge is 2.34. The standard InChI is InChI=1S/C12H24O3/c1-6-7-12(5,11(13)14)15-10(4)8-9(2)3/h9-10H,6-8H2,1-5H3,(H,13,14). The van der Waals surface area contributed by atoms with E-state index in [2.05, 4.69) is 13.8 Å². The van der Waals surface area contributed by atoms with Gasteiger partial charge in [0, 0.05) is 0 Å². The van der Waals surface area contributed by atoms with Gasteiger partial charge in [-0.2, -0.15) is 0 Å². The van der Waals surface area contributed by atoms with Crippen LogP contribution < -0.4 is 0 Å². The number of carboxylic acids is 1. The van der Waals surface area contributed by atoms with Crippen LogP contribution in [-0.2, 0) is 9.53 Å². The average Bonchev–Trinajstić information content (AvgIpc) is 2.01. The van der Waals surface area contributed by atoms with Gasteiger partial charge in [0.25, 0.3) is 0 Å². The van der Waals surface area contributed by atoms with Gasteiger partial charge >= 0.3 is 5.97 Å². The summed E-state index contributed by atoms with van der Waals surface area (Å²) in [5.41, 5.74) is -1.02. The summed E-state index contributed by atoms with van der Waals surface area (Å²) in [6.45, 7) is 9.79. The molecule has 0 aliphatic carbocycles. The van der Waals surface area contributed by atoms with E-state index in [0.717, 1.165) is 12.8 Å². The summed E-state index contributed by atoms with van der Waals surface area (Å²) in [5.74, 6) is -0.334. The number of ether oxygens (including phenoxy) is 1. The van der Waals surface area contributed by atoms with Crippen molar-refractivity contribution in [3.63, 3.8) is 0 Å². The third kappa shape index (κ3) is 5.17. The first-order chi connectivity index (χ1) is 6.81. The second-order valence-electron chi connectivity index (χ2n) is 4.84. The first kappa shape index (κ1) is 14.4. The van der Waals surface area contributed by atoms with Gasteiger partial charge < -0.3 is 9.84 Å². The normalized spacial score (nSPS) is 17.5. The molecule has 2 unspecified atom stereocenters. The molecule has 1 N–H and O–H groups in total. The van der Waals surface area contributed by atoms with Crippen LogP contribution in [0, 0.1) is 5.92 Å². The van der Waals surface area contributed by atoms with E-state index in [0.29, 0.717) is 12.3 Å². The van der Waals surface area contributed by atoms with Crippen LogP contribution in [0.5, 0.6) is 0 Å². The zero-order valence-electron chi connectivity index (χ0n) is 10.5. The molecule has 0 amide bonds. The van der Waals surface area contributed by atoms with Crippen molar-refractivity contribution in [3.8, 4) is 0 Å². The fraction of sp³-hybridized carbons (Fsp3) is 0.917. The Morgan fingerprint density at radius 1 is 1.40 bits per heavy atom. The van der Waals surface area contributed by atoms with Gasteiger partial charge in [-0.05, 0) is 32.6 Å². The number of hydrogen-bond donors (Lipinski definition) is 1. The van der Waals surface area contributed by atoms with Gasteiger partial charge in [-0.1, -0.05) is 27.2 Å². The van der Waals surface area contributed by atoms with Crippen LogP contribution in [0.15, 0.2) is 0 Å². The summed E-state index contributed by atoms with van der Waals surface area (Å²) in [4.78, 5) is 11.1. The van der Waals surface area contributed by atoms with Gasteiger partial charge in [0.2, 0.25) is 0 Å². The van der Waals surface area contributed by atoms with Crippen LogP contribution in [0.2, 0.25) is 0 Å². The first-order valence-electron chi connectivity index (χ1n) is 5.73. The molecule has 0 saturated carbocycles. The van der Waals surface area contributed by atoms with E-state index in [1.807, 2.05) is 13.8 Å². The molecular formula is C12H24O3. The number of carboxylic acid groups (broad SMARTS) is 1. The minimum absolute atomic E-state index is 0.00218. The fourth-order valence-corrected chi connectivity index (χ4v) is 1.85. The molecule has 15 heavy (non-hydrogen) atoms. The maximum atomic E-state index is 11.1. The molecule has 0 aliphatic rings. The maximum absolute atomic E-state index is 11.1. The number of aliphatic carboxylic acids is 1. The quantitative estimate of drug-likeness (QED) is 0.711. The van der Waals surface area contributed by atoms with E-state index in [4.69, 9.17) is 9.84 Å². The molecule has 0 aliphatic heterocycles. The topological polar surface area (TPSA) is 46.5 Å². The lowest BCUT2D eigenvalue weighted by atomic mass is 9.99. The molecule has 0 heterocycles. The second kappa shape index (κ2) is 6.11. The van der Waals surface area contributed by atoms with Crippen LogP contribution in [0.4, 0.5) is 0 Å². The van der Waals surface area contributed by atoms with Gasteiger partial charge in [-0.15, -0.1) is 0 Å². The molecule has 3 heteroatoms. The maximum Gasteiger partial charge on any atom is 0.335 e. The summed E-state index contributed by atoms with van der Waals surface area (Å²) in [6, 6.07) is 0. The monoisotopic (exact) mass is 216 g/mol. The zero-order chi connectivity index (χ0) is 12.1. The third-order valence-corrected chi connectivity index (χ3v) is 2.44. The second-order valence-corrected chi connectivity index (χ2v) is 4.84. The molecule has 3 nitrogen and oxygen atoms in total. The van der Waals surface area contributed by atoms with Crippen molar-refractivity contribution < 1.29 is 14.6 Å². The molecule has 0 aromatic heterocycles. The molecule has 0 aromatic carbocycles. The number of carbonyl (C=O) groups is 1. The molecule has 0 bridgehead atoms. The Morgan fingerprint density at radius 2 is 1.93 bits per heavy atom. The lowest BCUT2D eigenvalue weighted by Crippen LogP contribution is -2.41. The first-order valence-corrected chi connectivity index (χ1v) is 5.73. The third-order valence-electron chi connectivity index (χ3n) is 2.44. The van der Waals surface area contributed by atoms with Crippen LogP contribution >= 0.6 is 0 Å². The molecular weight excluding hydrogens is 192 g/mol. The summed E-state index contributed by atoms with van der Waals surface area (Å²) in [7, 11) is 0. The van der Waals surface area contributed by atoms with E-state index in [1.54, 1.807) is 6.92 Å². The van der Waals surface area contributed by atoms with E-state index >= 15 is 0 Å². The van der Waals surface area contributed by atoms with Crippen molar-refractivity contribution in [2.45, 2.75) is 65.6 Å².